The zero-order chi connectivity index (χ0) is 12.7. The standard InChI is InChI=1S/C12H20N2O2S/c1-4-14(2)12(15)8-13-7-10-5-6-11(16-10)9-17-3/h5-6,13H,4,7-9H2,1-3H3. The molecule has 1 N–H and O–H groups in total. The average molecular weight is 256 g/mol. The van der Waals surface area contributed by atoms with Crippen molar-refractivity contribution in [3.05, 3.63) is 23.7 Å². The molecule has 0 fully saturated rings. The number of nitrogens with zero attached hydrogens (tertiary/aromatic N) is 1. The van der Waals surface area contributed by atoms with E-state index in [9.17, 15) is 4.79 Å². The summed E-state index contributed by atoms with van der Waals surface area (Å²) in [6.45, 7) is 3.64. The second kappa shape index (κ2) is 7.40. The van der Waals surface area contributed by atoms with Crippen molar-refractivity contribution >= 4 is 17.7 Å². The minimum absolute atomic E-state index is 0.100. The number of rotatable bonds is 7. The van der Waals surface area contributed by atoms with Crippen LogP contribution in [0, 0.1) is 0 Å². The van der Waals surface area contributed by atoms with Gasteiger partial charge in [0.2, 0.25) is 5.91 Å². The fraction of sp³-hybridized carbons (Fsp3) is 0.583. The van der Waals surface area contributed by atoms with Crippen LogP contribution in [0.5, 0.6) is 0 Å². The molecule has 1 heterocycles. The molecule has 0 aromatic carbocycles. The van der Waals surface area contributed by atoms with E-state index < -0.39 is 0 Å². The van der Waals surface area contributed by atoms with Crippen LogP contribution in [0.3, 0.4) is 0 Å². The van der Waals surface area contributed by atoms with Crippen LogP contribution in [-0.2, 0) is 17.1 Å². The fourth-order valence-electron chi connectivity index (χ4n) is 1.34. The molecule has 0 bridgehead atoms. The highest BCUT2D eigenvalue weighted by Gasteiger charge is 2.06. The maximum atomic E-state index is 11.5. The lowest BCUT2D eigenvalue weighted by atomic mass is 10.4. The Morgan fingerprint density at radius 3 is 2.82 bits per heavy atom. The number of hydrogen-bond acceptors (Lipinski definition) is 4. The third-order valence-electron chi connectivity index (χ3n) is 2.48. The molecular weight excluding hydrogens is 236 g/mol. The van der Waals surface area contributed by atoms with Crippen molar-refractivity contribution in [3.8, 4) is 0 Å². The van der Waals surface area contributed by atoms with E-state index in [-0.39, 0.29) is 5.91 Å². The molecule has 0 aliphatic heterocycles. The summed E-state index contributed by atoms with van der Waals surface area (Å²) in [6.07, 6.45) is 2.04. The second-order valence-electron chi connectivity index (χ2n) is 3.81. The predicted molar refractivity (Wildman–Crippen MR) is 70.9 cm³/mol. The summed E-state index contributed by atoms with van der Waals surface area (Å²) in [7, 11) is 1.80. The van der Waals surface area contributed by atoms with Crippen LogP contribution >= 0.6 is 11.8 Å². The topological polar surface area (TPSA) is 45.5 Å². The number of nitrogens with one attached hydrogen (secondary N) is 1. The molecule has 1 aromatic rings. The number of carbonyl (C=O) groups is 1. The summed E-state index contributed by atoms with van der Waals surface area (Å²) in [6, 6.07) is 3.93. The third-order valence-corrected chi connectivity index (χ3v) is 3.05. The summed E-state index contributed by atoms with van der Waals surface area (Å²) in [5.41, 5.74) is 0. The minimum Gasteiger partial charge on any atom is -0.464 e. The molecule has 1 aromatic heterocycles. The van der Waals surface area contributed by atoms with Gasteiger partial charge in [0.1, 0.15) is 11.5 Å². The highest BCUT2D eigenvalue weighted by atomic mass is 32.2. The molecule has 5 heteroatoms. The van der Waals surface area contributed by atoms with Crippen molar-refractivity contribution in [2.45, 2.75) is 19.2 Å². The van der Waals surface area contributed by atoms with Gasteiger partial charge in [-0.25, -0.2) is 0 Å². The van der Waals surface area contributed by atoms with Crippen LogP contribution in [-0.4, -0.2) is 37.2 Å². The number of amides is 1. The first-order chi connectivity index (χ1) is 8.17. The SMILES string of the molecule is CCN(C)C(=O)CNCc1ccc(CSC)o1. The first-order valence-electron chi connectivity index (χ1n) is 5.68. The molecule has 0 aliphatic rings. The Labute approximate surface area is 107 Å². The van der Waals surface area contributed by atoms with Crippen molar-refractivity contribution < 1.29 is 9.21 Å². The second-order valence-corrected chi connectivity index (χ2v) is 4.68. The maximum Gasteiger partial charge on any atom is 0.236 e. The van der Waals surface area contributed by atoms with Gasteiger partial charge in [-0.05, 0) is 25.3 Å². The number of hydrogen-bond donors (Lipinski definition) is 1. The van der Waals surface area contributed by atoms with Crippen LogP contribution in [0.25, 0.3) is 0 Å². The number of carbonyl (C=O) groups excluding carboxylic acids is 1. The van der Waals surface area contributed by atoms with E-state index >= 15 is 0 Å². The summed E-state index contributed by atoms with van der Waals surface area (Å²) >= 11 is 1.73. The summed E-state index contributed by atoms with van der Waals surface area (Å²) in [5.74, 6) is 2.84. The zero-order valence-electron chi connectivity index (χ0n) is 10.7. The lowest BCUT2D eigenvalue weighted by Gasteiger charge is -2.14. The number of furan rings is 1. The Morgan fingerprint density at radius 2 is 2.18 bits per heavy atom. The van der Waals surface area contributed by atoms with Gasteiger partial charge in [0.05, 0.1) is 18.8 Å². The first-order valence-corrected chi connectivity index (χ1v) is 7.08. The molecular formula is C12H20N2O2S. The van der Waals surface area contributed by atoms with Gasteiger partial charge in [0, 0.05) is 13.6 Å². The zero-order valence-corrected chi connectivity index (χ0v) is 11.5. The van der Waals surface area contributed by atoms with E-state index in [1.807, 2.05) is 25.3 Å². The van der Waals surface area contributed by atoms with E-state index in [0.717, 1.165) is 23.8 Å². The van der Waals surface area contributed by atoms with E-state index in [2.05, 4.69) is 5.32 Å². The molecule has 4 nitrogen and oxygen atoms in total. The maximum absolute atomic E-state index is 11.5. The van der Waals surface area contributed by atoms with E-state index in [0.29, 0.717) is 13.1 Å². The Balaban J connectivity index is 2.28. The first kappa shape index (κ1) is 14.1. The molecule has 17 heavy (non-hydrogen) atoms. The quantitative estimate of drug-likeness (QED) is 0.806. The Hall–Kier alpha value is -0.940. The Bertz CT molecular complexity index is 352. The van der Waals surface area contributed by atoms with Crippen LogP contribution in [0.15, 0.2) is 16.5 Å². The van der Waals surface area contributed by atoms with Gasteiger partial charge in [-0.15, -0.1) is 0 Å². The van der Waals surface area contributed by atoms with E-state index in [1.165, 1.54) is 0 Å². The van der Waals surface area contributed by atoms with Gasteiger partial charge in [-0.2, -0.15) is 11.8 Å². The molecule has 0 saturated heterocycles. The van der Waals surface area contributed by atoms with Gasteiger partial charge < -0.3 is 14.6 Å². The van der Waals surface area contributed by atoms with Crippen molar-refractivity contribution in [1.82, 2.24) is 10.2 Å². The van der Waals surface area contributed by atoms with Crippen molar-refractivity contribution in [3.63, 3.8) is 0 Å². The summed E-state index contributed by atoms with van der Waals surface area (Å²) in [4.78, 5) is 13.2. The average Bonchev–Trinajstić information content (AvgIpc) is 2.76. The van der Waals surface area contributed by atoms with E-state index in [4.69, 9.17) is 4.42 Å². The van der Waals surface area contributed by atoms with Gasteiger partial charge in [-0.1, -0.05) is 0 Å². The van der Waals surface area contributed by atoms with Gasteiger partial charge >= 0.3 is 0 Å². The van der Waals surface area contributed by atoms with Crippen LogP contribution in [0.1, 0.15) is 18.4 Å². The molecule has 0 spiro atoms. The lowest BCUT2D eigenvalue weighted by Crippen LogP contribution is -2.35. The summed E-state index contributed by atoms with van der Waals surface area (Å²) in [5, 5.41) is 3.08. The van der Waals surface area contributed by atoms with E-state index in [1.54, 1.807) is 23.7 Å². The fourth-order valence-corrected chi connectivity index (χ4v) is 1.78. The minimum atomic E-state index is 0.100. The molecule has 0 saturated carbocycles. The summed E-state index contributed by atoms with van der Waals surface area (Å²) < 4.78 is 5.58. The Morgan fingerprint density at radius 1 is 1.47 bits per heavy atom. The molecule has 96 valence electrons. The lowest BCUT2D eigenvalue weighted by molar-refractivity contribution is -0.128. The van der Waals surface area contributed by atoms with Crippen LogP contribution < -0.4 is 5.32 Å². The number of thioether (sulfide) groups is 1. The molecule has 0 atom stereocenters. The molecule has 0 unspecified atom stereocenters. The molecule has 1 rings (SSSR count). The molecule has 1 amide bonds. The molecule has 0 aliphatic carbocycles. The molecule has 0 radical (unpaired) electrons. The van der Waals surface area contributed by atoms with Crippen LogP contribution in [0.4, 0.5) is 0 Å². The predicted octanol–water partition coefficient (Wildman–Crippen LogP) is 1.71. The van der Waals surface area contributed by atoms with Gasteiger partial charge in [-0.3, -0.25) is 4.79 Å². The highest BCUT2D eigenvalue weighted by molar-refractivity contribution is 7.97. The van der Waals surface area contributed by atoms with Crippen molar-refractivity contribution in [1.29, 1.82) is 0 Å². The largest absolute Gasteiger partial charge is 0.464 e. The van der Waals surface area contributed by atoms with Crippen molar-refractivity contribution in [2.24, 2.45) is 0 Å². The van der Waals surface area contributed by atoms with Gasteiger partial charge in [0.15, 0.2) is 0 Å². The number of likely N-dealkylation sites (N-methyl/N-ethyl adjacent to an activating group) is 1. The van der Waals surface area contributed by atoms with Crippen molar-refractivity contribution in [2.75, 3.05) is 26.4 Å². The highest BCUT2D eigenvalue weighted by Crippen LogP contribution is 2.12. The third kappa shape index (κ3) is 4.83. The van der Waals surface area contributed by atoms with Gasteiger partial charge in [0.25, 0.3) is 0 Å². The smallest absolute Gasteiger partial charge is 0.236 e. The monoisotopic (exact) mass is 256 g/mol. The Kier molecular flexibility index (Phi) is 6.15. The van der Waals surface area contributed by atoms with Crippen LogP contribution in [0.2, 0.25) is 0 Å². The normalized spacial score (nSPS) is 10.5.